The number of ether oxygens (including phenoxy) is 1. The van der Waals surface area contributed by atoms with Crippen molar-refractivity contribution in [3.8, 4) is 22.8 Å². The fraction of sp³-hybridized carbons (Fsp3) is 0.115. The number of pyridine rings is 1. The van der Waals surface area contributed by atoms with Gasteiger partial charge in [0.1, 0.15) is 18.5 Å². The van der Waals surface area contributed by atoms with E-state index in [1.807, 2.05) is 0 Å². The van der Waals surface area contributed by atoms with Gasteiger partial charge in [0.15, 0.2) is 6.20 Å². The molecule has 0 atom stereocenters. The van der Waals surface area contributed by atoms with Crippen molar-refractivity contribution >= 4 is 32.3 Å². The fourth-order valence-electron chi connectivity index (χ4n) is 4.87. The molecule has 1 aliphatic heterocycles. The third-order valence-electron chi connectivity index (χ3n) is 6.16. The molecule has 0 aliphatic carbocycles. The minimum Gasteiger partial charge on any atom is -0.456 e. The first-order chi connectivity index (χ1) is 13.6. The maximum atomic E-state index is 6.53. The van der Waals surface area contributed by atoms with Gasteiger partial charge in [0, 0.05) is 11.5 Å². The Kier molecular flexibility index (Phi) is 2.98. The number of fused-ring (bicyclic) bond motifs is 5. The third kappa shape index (κ3) is 1.90. The van der Waals surface area contributed by atoms with E-state index in [0.717, 1.165) is 11.5 Å². The summed E-state index contributed by atoms with van der Waals surface area (Å²) in [5, 5.41) is 7.50. The summed E-state index contributed by atoms with van der Waals surface area (Å²) in [5.41, 5.74) is 5.01. The van der Waals surface area contributed by atoms with E-state index in [1.165, 1.54) is 54.7 Å². The Morgan fingerprint density at radius 2 is 1.54 bits per heavy atom. The van der Waals surface area contributed by atoms with Crippen molar-refractivity contribution in [3.05, 3.63) is 78.0 Å². The van der Waals surface area contributed by atoms with Crippen LogP contribution in [0.2, 0.25) is 0 Å². The van der Waals surface area contributed by atoms with E-state index in [9.17, 15) is 0 Å². The zero-order chi connectivity index (χ0) is 19.0. The summed E-state index contributed by atoms with van der Waals surface area (Å²) in [5.74, 6) is 1.89. The zero-order valence-electron chi connectivity index (χ0n) is 16.2. The van der Waals surface area contributed by atoms with Gasteiger partial charge in [0.2, 0.25) is 5.69 Å². The van der Waals surface area contributed by atoms with E-state index >= 15 is 0 Å². The van der Waals surface area contributed by atoms with E-state index in [1.54, 1.807) is 0 Å². The molecule has 134 valence electrons. The van der Waals surface area contributed by atoms with Crippen LogP contribution in [0.15, 0.2) is 66.9 Å². The van der Waals surface area contributed by atoms with Crippen molar-refractivity contribution in [1.82, 2.24) is 0 Å². The molecule has 1 aliphatic rings. The van der Waals surface area contributed by atoms with Crippen molar-refractivity contribution in [3.63, 3.8) is 0 Å². The number of aromatic nitrogens is 1. The number of hydrogen-bond donors (Lipinski definition) is 0. The van der Waals surface area contributed by atoms with Gasteiger partial charge in [0.05, 0.1) is 10.9 Å². The first-order valence-electron chi connectivity index (χ1n) is 9.69. The molecule has 4 aromatic carbocycles. The van der Waals surface area contributed by atoms with Crippen LogP contribution in [-0.4, -0.2) is 0 Å². The van der Waals surface area contributed by atoms with Gasteiger partial charge in [0.25, 0.3) is 0 Å². The molecule has 0 radical (unpaired) electrons. The molecule has 0 spiro atoms. The van der Waals surface area contributed by atoms with Crippen molar-refractivity contribution in [1.29, 1.82) is 0 Å². The van der Waals surface area contributed by atoms with Crippen LogP contribution >= 0.6 is 0 Å². The average molecular weight is 362 g/mol. The second-order valence-electron chi connectivity index (χ2n) is 7.81. The van der Waals surface area contributed by atoms with E-state index in [4.69, 9.17) is 4.74 Å². The molecule has 0 bridgehead atoms. The van der Waals surface area contributed by atoms with Gasteiger partial charge in [-0.2, -0.15) is 0 Å². The highest BCUT2D eigenvalue weighted by Crippen LogP contribution is 2.49. The van der Waals surface area contributed by atoms with Crippen molar-refractivity contribution in [2.45, 2.75) is 13.8 Å². The Hall–Kier alpha value is -3.39. The van der Waals surface area contributed by atoms with Gasteiger partial charge in [-0.1, -0.05) is 42.5 Å². The van der Waals surface area contributed by atoms with Crippen LogP contribution in [0.25, 0.3) is 43.6 Å². The number of hydrogen-bond acceptors (Lipinski definition) is 1. The first-order valence-corrected chi connectivity index (χ1v) is 9.69. The molecule has 6 rings (SSSR count). The number of rotatable bonds is 0. The number of aryl methyl sites for hydroxylation is 3. The molecule has 0 saturated heterocycles. The second kappa shape index (κ2) is 5.32. The number of nitrogens with zero attached hydrogens (tertiary/aromatic N) is 1. The summed E-state index contributed by atoms with van der Waals surface area (Å²) in [7, 11) is 2.13. The highest BCUT2D eigenvalue weighted by atomic mass is 16.5. The Labute approximate surface area is 163 Å². The average Bonchev–Trinajstić information content (AvgIpc) is 2.69. The molecular formula is C26H20NO+. The second-order valence-corrected chi connectivity index (χ2v) is 7.81. The van der Waals surface area contributed by atoms with Crippen molar-refractivity contribution in [2.24, 2.45) is 7.05 Å². The summed E-state index contributed by atoms with van der Waals surface area (Å²) in [6, 6.07) is 21.6. The van der Waals surface area contributed by atoms with Crippen LogP contribution in [0.3, 0.4) is 0 Å². The maximum absolute atomic E-state index is 6.53. The lowest BCUT2D eigenvalue weighted by atomic mass is 9.90. The van der Waals surface area contributed by atoms with E-state index in [0.29, 0.717) is 0 Å². The van der Waals surface area contributed by atoms with E-state index in [2.05, 4.69) is 92.3 Å². The number of benzene rings is 4. The Bertz CT molecular complexity index is 1460. The van der Waals surface area contributed by atoms with Gasteiger partial charge in [-0.15, -0.1) is 0 Å². The molecule has 2 nitrogen and oxygen atoms in total. The SMILES string of the molecule is Cc1c2c(cc3ccccc13)Oc1cc3cccc(C)c3c3cc[n+](C)c-2c13. The van der Waals surface area contributed by atoms with Crippen LogP contribution in [0.4, 0.5) is 0 Å². The van der Waals surface area contributed by atoms with Crippen LogP contribution in [-0.2, 0) is 7.05 Å². The molecule has 28 heavy (non-hydrogen) atoms. The maximum Gasteiger partial charge on any atom is 0.228 e. The summed E-state index contributed by atoms with van der Waals surface area (Å²) in [4.78, 5) is 0. The molecule has 0 fully saturated rings. The lowest BCUT2D eigenvalue weighted by Crippen LogP contribution is -2.31. The molecule has 0 N–H and O–H groups in total. The Morgan fingerprint density at radius 3 is 2.43 bits per heavy atom. The topological polar surface area (TPSA) is 13.1 Å². The summed E-state index contributed by atoms with van der Waals surface area (Å²) >= 11 is 0. The third-order valence-corrected chi connectivity index (χ3v) is 6.16. The van der Waals surface area contributed by atoms with Crippen LogP contribution < -0.4 is 9.30 Å². The lowest BCUT2D eigenvalue weighted by Gasteiger charge is -2.23. The van der Waals surface area contributed by atoms with Gasteiger partial charge in [-0.25, -0.2) is 4.57 Å². The highest BCUT2D eigenvalue weighted by Gasteiger charge is 2.31. The Morgan fingerprint density at radius 1 is 0.750 bits per heavy atom. The van der Waals surface area contributed by atoms with Gasteiger partial charge >= 0.3 is 0 Å². The van der Waals surface area contributed by atoms with Crippen LogP contribution in [0, 0.1) is 13.8 Å². The Balaban J connectivity index is 1.86. The molecule has 0 saturated carbocycles. The van der Waals surface area contributed by atoms with E-state index in [-0.39, 0.29) is 0 Å². The predicted molar refractivity (Wildman–Crippen MR) is 115 cm³/mol. The van der Waals surface area contributed by atoms with Crippen molar-refractivity contribution < 1.29 is 9.30 Å². The summed E-state index contributed by atoms with van der Waals surface area (Å²) in [6.45, 7) is 4.40. The summed E-state index contributed by atoms with van der Waals surface area (Å²) < 4.78 is 8.76. The quantitative estimate of drug-likeness (QED) is 0.226. The smallest absolute Gasteiger partial charge is 0.228 e. The first kappa shape index (κ1) is 15.6. The molecule has 5 aromatic rings. The standard InChI is InChI=1S/C26H20NO/c1-15-7-6-9-18-14-22-25-20(23(15)18)11-12-27(3)26(25)24-16(2)19-10-5-4-8-17(19)13-21(24)28-22/h4-14H,1-3H3/q+1. The largest absolute Gasteiger partial charge is 0.456 e. The molecular weight excluding hydrogens is 342 g/mol. The fourth-order valence-corrected chi connectivity index (χ4v) is 4.87. The van der Waals surface area contributed by atoms with E-state index < -0.39 is 0 Å². The normalized spacial score (nSPS) is 12.4. The summed E-state index contributed by atoms with van der Waals surface area (Å²) in [6.07, 6.45) is 2.18. The van der Waals surface area contributed by atoms with Gasteiger partial charge in [-0.05, 0) is 58.7 Å². The molecule has 2 heterocycles. The monoisotopic (exact) mass is 362 g/mol. The molecule has 1 aromatic heterocycles. The molecule has 0 amide bonds. The minimum absolute atomic E-state index is 0.943. The van der Waals surface area contributed by atoms with Crippen molar-refractivity contribution in [2.75, 3.05) is 0 Å². The molecule has 2 heteroatoms. The van der Waals surface area contributed by atoms with Gasteiger partial charge in [-0.3, -0.25) is 0 Å². The zero-order valence-corrected chi connectivity index (χ0v) is 16.2. The van der Waals surface area contributed by atoms with Gasteiger partial charge < -0.3 is 4.74 Å². The predicted octanol–water partition coefficient (Wildman–Crippen LogP) is 6.36. The van der Waals surface area contributed by atoms with Crippen LogP contribution in [0.1, 0.15) is 11.1 Å². The molecule has 0 unspecified atom stereocenters. The highest BCUT2D eigenvalue weighted by molar-refractivity contribution is 6.16. The lowest BCUT2D eigenvalue weighted by molar-refractivity contribution is -0.659. The van der Waals surface area contributed by atoms with Crippen LogP contribution in [0.5, 0.6) is 11.5 Å². The minimum atomic E-state index is 0.943.